The number of furan rings is 1. The summed E-state index contributed by atoms with van der Waals surface area (Å²) in [6, 6.07) is 3.73. The molecule has 2 aliphatic rings. The van der Waals surface area contributed by atoms with Crippen LogP contribution in [0.5, 0.6) is 0 Å². The first kappa shape index (κ1) is 13.6. The predicted molar refractivity (Wildman–Crippen MR) is 86.1 cm³/mol. The number of amides is 1. The van der Waals surface area contributed by atoms with Gasteiger partial charge in [0.1, 0.15) is 23.5 Å². The molecular weight excluding hydrogens is 298 g/mol. The Morgan fingerprint density at radius 3 is 3.18 bits per heavy atom. The fourth-order valence-electron chi connectivity index (χ4n) is 3.03. The van der Waals surface area contributed by atoms with E-state index < -0.39 is 0 Å². The largest absolute Gasteiger partial charge is 0.465 e. The Labute approximate surface area is 132 Å². The van der Waals surface area contributed by atoms with E-state index in [0.717, 1.165) is 35.8 Å². The zero-order valence-electron chi connectivity index (χ0n) is 12.3. The first-order chi connectivity index (χ1) is 10.7. The summed E-state index contributed by atoms with van der Waals surface area (Å²) >= 11 is 1.72. The van der Waals surface area contributed by atoms with Crippen molar-refractivity contribution in [1.29, 1.82) is 0 Å². The van der Waals surface area contributed by atoms with Crippen molar-refractivity contribution < 1.29 is 14.1 Å². The fraction of sp³-hybridized carbons (Fsp3) is 0.312. The van der Waals surface area contributed by atoms with E-state index in [9.17, 15) is 4.79 Å². The van der Waals surface area contributed by atoms with Crippen molar-refractivity contribution in [2.24, 2.45) is 0 Å². The number of likely N-dealkylation sites (N-methyl/N-ethyl adjacent to an activating group) is 1. The number of thiophene rings is 1. The number of hydrogen-bond acceptors (Lipinski definition) is 4. The van der Waals surface area contributed by atoms with Gasteiger partial charge in [0, 0.05) is 6.42 Å². The molecule has 22 heavy (non-hydrogen) atoms. The molecule has 0 saturated heterocycles. The minimum atomic E-state index is -0.199. The first-order valence-electron chi connectivity index (χ1n) is 7.45. The van der Waals surface area contributed by atoms with Crippen LogP contribution in [0.1, 0.15) is 26.6 Å². The Balaban J connectivity index is 1.60. The molecule has 6 heteroatoms. The van der Waals surface area contributed by atoms with Gasteiger partial charge in [0.2, 0.25) is 0 Å². The summed E-state index contributed by atoms with van der Waals surface area (Å²) in [5.74, 6) is 0.803. The fourth-order valence-corrected chi connectivity index (χ4v) is 4.42. The van der Waals surface area contributed by atoms with Crippen LogP contribution in [0.4, 0.5) is 5.00 Å². The number of carbonyl (C=O) groups is 1. The maximum Gasteiger partial charge on any atom is 0.256 e. The van der Waals surface area contributed by atoms with Gasteiger partial charge in [0.05, 0.1) is 30.3 Å². The van der Waals surface area contributed by atoms with Gasteiger partial charge in [-0.15, -0.1) is 11.3 Å². The van der Waals surface area contributed by atoms with Crippen LogP contribution in [0, 0.1) is 0 Å². The average Bonchev–Trinajstić information content (AvgIpc) is 3.11. The molecule has 1 amide bonds. The van der Waals surface area contributed by atoms with E-state index >= 15 is 0 Å². The van der Waals surface area contributed by atoms with E-state index in [-0.39, 0.29) is 12.1 Å². The van der Waals surface area contributed by atoms with Crippen molar-refractivity contribution in [1.82, 2.24) is 5.32 Å². The molecule has 0 spiro atoms. The van der Waals surface area contributed by atoms with Crippen molar-refractivity contribution in [2.45, 2.75) is 19.1 Å². The molecule has 2 aromatic rings. The van der Waals surface area contributed by atoms with Gasteiger partial charge in [-0.25, -0.2) is 0 Å². The van der Waals surface area contributed by atoms with Gasteiger partial charge < -0.3 is 20.0 Å². The van der Waals surface area contributed by atoms with Crippen molar-refractivity contribution in [3.63, 3.8) is 0 Å². The molecule has 2 aliphatic heterocycles. The third-order valence-corrected chi connectivity index (χ3v) is 5.31. The van der Waals surface area contributed by atoms with Gasteiger partial charge in [-0.05, 0) is 29.8 Å². The smallest absolute Gasteiger partial charge is 0.256 e. The van der Waals surface area contributed by atoms with Crippen molar-refractivity contribution in [2.75, 3.05) is 18.9 Å². The molecule has 0 radical (unpaired) electrons. The van der Waals surface area contributed by atoms with Crippen LogP contribution >= 0.6 is 11.3 Å². The highest BCUT2D eigenvalue weighted by atomic mass is 32.1. The molecular formula is C16H18N3O2S+. The van der Waals surface area contributed by atoms with Crippen LogP contribution in [0.2, 0.25) is 0 Å². The lowest BCUT2D eigenvalue weighted by Crippen LogP contribution is -3.08. The van der Waals surface area contributed by atoms with Crippen molar-refractivity contribution in [3.05, 3.63) is 46.2 Å². The minimum absolute atomic E-state index is 0.0277. The Kier molecular flexibility index (Phi) is 3.28. The monoisotopic (exact) mass is 316 g/mol. The third kappa shape index (κ3) is 2.34. The predicted octanol–water partition coefficient (Wildman–Crippen LogP) is 1.11. The van der Waals surface area contributed by atoms with Gasteiger partial charge in [0.15, 0.2) is 0 Å². The lowest BCUT2D eigenvalue weighted by molar-refractivity contribution is -0.895. The van der Waals surface area contributed by atoms with Crippen LogP contribution in [0.15, 0.2) is 28.9 Å². The molecule has 3 N–H and O–H groups in total. The average molecular weight is 316 g/mol. The lowest BCUT2D eigenvalue weighted by Gasteiger charge is -2.24. The molecule has 0 saturated carbocycles. The van der Waals surface area contributed by atoms with Crippen LogP contribution in [-0.4, -0.2) is 25.7 Å². The summed E-state index contributed by atoms with van der Waals surface area (Å²) in [4.78, 5) is 15.3. The van der Waals surface area contributed by atoms with Gasteiger partial charge >= 0.3 is 0 Å². The topological polar surface area (TPSA) is 58.7 Å². The highest BCUT2D eigenvalue weighted by Crippen LogP contribution is 2.36. The van der Waals surface area contributed by atoms with E-state index in [1.54, 1.807) is 17.6 Å². The van der Waals surface area contributed by atoms with Crippen LogP contribution < -0.4 is 15.5 Å². The first-order valence-corrected chi connectivity index (χ1v) is 8.27. The van der Waals surface area contributed by atoms with Crippen molar-refractivity contribution >= 4 is 28.3 Å². The van der Waals surface area contributed by atoms with Gasteiger partial charge in [-0.2, -0.15) is 0 Å². The molecule has 2 atom stereocenters. The number of anilines is 1. The summed E-state index contributed by atoms with van der Waals surface area (Å²) in [6.45, 7) is 2.10. The standard InChI is InChI=1S/C16H17N3O2S/c1-19-7-6-11-12(9-19)22-16-14(11)15(20)17-13(18-16)5-4-10-3-2-8-21-10/h2-5,8,13,18H,6-7,9H2,1H3,(H,17,20)/p+1/b5-4+/t13-/m0/s1. The molecule has 0 aliphatic carbocycles. The van der Waals surface area contributed by atoms with E-state index in [0.29, 0.717) is 0 Å². The third-order valence-electron chi connectivity index (χ3n) is 4.15. The number of fused-ring (bicyclic) bond motifs is 3. The second-order valence-electron chi connectivity index (χ2n) is 5.81. The normalized spacial score (nSPS) is 23.8. The van der Waals surface area contributed by atoms with Crippen LogP contribution in [-0.2, 0) is 13.0 Å². The Bertz CT molecular complexity index is 733. The number of carbonyl (C=O) groups excluding carboxylic acids is 1. The number of quaternary nitrogens is 1. The molecule has 4 heterocycles. The molecule has 0 bridgehead atoms. The van der Waals surface area contributed by atoms with Gasteiger partial charge in [-0.1, -0.05) is 0 Å². The molecule has 0 aromatic carbocycles. The zero-order chi connectivity index (χ0) is 15.1. The van der Waals surface area contributed by atoms with E-state index in [1.165, 1.54) is 15.3 Å². The summed E-state index contributed by atoms with van der Waals surface area (Å²) in [7, 11) is 2.20. The highest BCUT2D eigenvalue weighted by molar-refractivity contribution is 7.16. The molecule has 1 unspecified atom stereocenters. The Morgan fingerprint density at radius 2 is 2.36 bits per heavy atom. The van der Waals surface area contributed by atoms with E-state index in [2.05, 4.69) is 17.7 Å². The maximum absolute atomic E-state index is 12.5. The zero-order valence-corrected chi connectivity index (χ0v) is 13.1. The molecule has 5 nitrogen and oxygen atoms in total. The number of rotatable bonds is 2. The molecule has 4 rings (SSSR count). The Morgan fingerprint density at radius 1 is 1.45 bits per heavy atom. The highest BCUT2D eigenvalue weighted by Gasteiger charge is 2.32. The van der Waals surface area contributed by atoms with Crippen LogP contribution in [0.3, 0.4) is 0 Å². The van der Waals surface area contributed by atoms with E-state index in [1.807, 2.05) is 24.3 Å². The molecule has 114 valence electrons. The van der Waals surface area contributed by atoms with Crippen LogP contribution in [0.25, 0.3) is 6.08 Å². The van der Waals surface area contributed by atoms with E-state index in [4.69, 9.17) is 4.42 Å². The molecule has 2 aromatic heterocycles. The van der Waals surface area contributed by atoms with Gasteiger partial charge in [-0.3, -0.25) is 4.79 Å². The summed E-state index contributed by atoms with van der Waals surface area (Å²) in [6.07, 6.45) is 6.20. The summed E-state index contributed by atoms with van der Waals surface area (Å²) in [5.41, 5.74) is 2.10. The summed E-state index contributed by atoms with van der Waals surface area (Å²) < 4.78 is 5.27. The lowest BCUT2D eigenvalue weighted by atomic mass is 10.0. The quantitative estimate of drug-likeness (QED) is 0.778. The summed E-state index contributed by atoms with van der Waals surface area (Å²) in [5, 5.41) is 7.41. The second kappa shape index (κ2) is 5.30. The Hall–Kier alpha value is -2.05. The number of hydrogen-bond donors (Lipinski definition) is 3. The van der Waals surface area contributed by atoms with Crippen molar-refractivity contribution in [3.8, 4) is 0 Å². The SMILES string of the molecule is C[NH+]1CCc2c(sc3c2C(=O)N[C@H](/C=C/c2ccco2)N3)C1. The maximum atomic E-state index is 12.5. The molecule has 0 fully saturated rings. The second-order valence-corrected chi connectivity index (χ2v) is 6.92. The minimum Gasteiger partial charge on any atom is -0.465 e. The number of nitrogens with one attached hydrogen (secondary N) is 3. The van der Waals surface area contributed by atoms with Gasteiger partial charge in [0.25, 0.3) is 5.91 Å².